The zero-order chi connectivity index (χ0) is 27.7. The summed E-state index contributed by atoms with van der Waals surface area (Å²) >= 11 is 0. The Hall–Kier alpha value is -2.11. The van der Waals surface area contributed by atoms with Crippen LogP contribution in [0, 0.1) is 29.0 Å². The molecule has 3 atom stereocenters. The van der Waals surface area contributed by atoms with Crippen LogP contribution in [0.5, 0.6) is 5.75 Å². The summed E-state index contributed by atoms with van der Waals surface area (Å²) in [7, 11) is 0. The van der Waals surface area contributed by atoms with Crippen molar-refractivity contribution in [2.75, 3.05) is 13.2 Å². The van der Waals surface area contributed by atoms with Crippen LogP contribution in [0.25, 0.3) is 0 Å². The lowest BCUT2D eigenvalue weighted by atomic mass is 9.60. The van der Waals surface area contributed by atoms with E-state index in [9.17, 15) is 9.59 Å². The quantitative estimate of drug-likeness (QED) is 0.358. The van der Waals surface area contributed by atoms with Crippen LogP contribution in [0.15, 0.2) is 12.1 Å². The van der Waals surface area contributed by atoms with Crippen molar-refractivity contribution in [1.82, 2.24) is 4.90 Å². The third-order valence-electron chi connectivity index (χ3n) is 8.84. The van der Waals surface area contributed by atoms with E-state index in [4.69, 9.17) is 4.74 Å². The van der Waals surface area contributed by atoms with Gasteiger partial charge in [-0.25, -0.2) is 4.39 Å². The van der Waals surface area contributed by atoms with Crippen molar-refractivity contribution in [2.24, 2.45) is 23.2 Å². The Morgan fingerprint density at radius 1 is 1.11 bits per heavy atom. The van der Waals surface area contributed by atoms with Gasteiger partial charge in [0.15, 0.2) is 0 Å². The van der Waals surface area contributed by atoms with Gasteiger partial charge in [-0.3, -0.25) is 9.59 Å². The third-order valence-corrected chi connectivity index (χ3v) is 8.84. The average molecular weight is 530 g/mol. The maximum atomic E-state index is 15.1. The molecule has 1 aromatic rings. The van der Waals surface area contributed by atoms with E-state index in [2.05, 4.69) is 25.5 Å². The molecule has 0 aromatic heterocycles. The number of ether oxygens (including phenoxy) is 2. The number of hydrogen-bond donors (Lipinski definition) is 0. The van der Waals surface area contributed by atoms with Gasteiger partial charge in [0.25, 0.3) is 12.4 Å². The maximum Gasteiger partial charge on any atom is 0.293 e. The largest absolute Gasteiger partial charge is 0.493 e. The summed E-state index contributed by atoms with van der Waals surface area (Å²) in [4.78, 5) is 24.5. The monoisotopic (exact) mass is 529 g/mol. The second kappa shape index (κ2) is 11.6. The Morgan fingerprint density at radius 3 is 2.26 bits per heavy atom. The van der Waals surface area contributed by atoms with Crippen LogP contribution < -0.4 is 4.74 Å². The van der Waals surface area contributed by atoms with Gasteiger partial charge in [-0.1, -0.05) is 13.8 Å². The van der Waals surface area contributed by atoms with Gasteiger partial charge >= 0.3 is 0 Å². The van der Waals surface area contributed by atoms with Crippen LogP contribution in [0.3, 0.4) is 0 Å². The molecule has 1 aliphatic heterocycles. The molecule has 1 saturated heterocycles. The first-order chi connectivity index (χ1) is 17.9. The molecule has 1 heterocycles. The van der Waals surface area contributed by atoms with Crippen LogP contribution in [-0.4, -0.2) is 42.1 Å². The van der Waals surface area contributed by atoms with Gasteiger partial charge in [-0.15, -0.1) is 0 Å². The van der Waals surface area contributed by atoms with Gasteiger partial charge in [0.05, 0.1) is 12.2 Å². The summed E-state index contributed by atoms with van der Waals surface area (Å²) in [6, 6.07) is 3.52. The number of benzene rings is 1. The number of fused-ring (bicyclic) bond motifs is 2. The Bertz CT molecular complexity index is 980. The van der Waals surface area contributed by atoms with Crippen molar-refractivity contribution < 1.29 is 23.5 Å². The van der Waals surface area contributed by atoms with Gasteiger partial charge in [-0.05, 0) is 121 Å². The van der Waals surface area contributed by atoms with E-state index in [1.165, 1.54) is 38.2 Å². The molecule has 0 radical (unpaired) electrons. The second-order valence-corrected chi connectivity index (χ2v) is 14.0. The molecule has 0 spiro atoms. The van der Waals surface area contributed by atoms with E-state index >= 15 is 4.39 Å². The first kappa shape index (κ1) is 28.9. The van der Waals surface area contributed by atoms with Gasteiger partial charge < -0.3 is 14.4 Å². The number of nitrogens with zero attached hydrogens (tertiary/aromatic N) is 1. The first-order valence-corrected chi connectivity index (χ1v) is 14.8. The molecule has 38 heavy (non-hydrogen) atoms. The van der Waals surface area contributed by atoms with Crippen molar-refractivity contribution in [1.29, 1.82) is 0 Å². The molecule has 6 heteroatoms. The number of amides is 1. The second-order valence-electron chi connectivity index (χ2n) is 14.0. The molecule has 1 amide bonds. The van der Waals surface area contributed by atoms with E-state index in [1.807, 2.05) is 31.7 Å². The number of carbonyl (C=O) groups excluding carboxylic acids is 2. The molecule has 212 valence electrons. The molecule has 2 bridgehead atoms. The maximum absolute atomic E-state index is 15.1. The molecule has 1 aromatic carbocycles. The SMILES string of the molecule is CC(C)(C)OC=O.CC1CC2CC(C1)CC(C)(COc1cc(F)c(C(=O)N3CCCC3C)cc1C1CC1)C2. The summed E-state index contributed by atoms with van der Waals surface area (Å²) in [5.74, 6) is 3.00. The molecule has 3 aliphatic carbocycles. The Balaban J connectivity index is 0.000000426. The first-order valence-electron chi connectivity index (χ1n) is 14.8. The van der Waals surface area contributed by atoms with Crippen LogP contribution in [0.2, 0.25) is 0 Å². The Labute approximate surface area is 228 Å². The lowest BCUT2D eigenvalue weighted by Gasteiger charge is -2.47. The third kappa shape index (κ3) is 7.30. The number of halogens is 1. The standard InChI is InChI=1S/C27H38FNO2.C5H10O2/c1-17-9-19-11-20(10-17)15-27(3,14-19)16-31-25-13-24(28)23(12-22(25)21-6-7-21)26(30)29-8-4-5-18(29)2;1-5(2,3)7-4-6/h12-13,17-21H,4-11,14-16H2,1-3H3;4H,1-3H3. The van der Waals surface area contributed by atoms with E-state index in [1.54, 1.807) is 0 Å². The molecule has 5 nitrogen and oxygen atoms in total. The molecule has 0 N–H and O–H groups in total. The lowest BCUT2D eigenvalue weighted by molar-refractivity contribution is -0.138. The predicted octanol–water partition coefficient (Wildman–Crippen LogP) is 7.52. The fraction of sp³-hybridized carbons (Fsp3) is 0.750. The van der Waals surface area contributed by atoms with Crippen molar-refractivity contribution in [3.05, 3.63) is 29.1 Å². The normalized spacial score (nSPS) is 30.8. The fourth-order valence-electron chi connectivity index (χ4n) is 7.19. The summed E-state index contributed by atoms with van der Waals surface area (Å²) in [5, 5.41) is 0. The van der Waals surface area contributed by atoms with E-state index in [-0.39, 0.29) is 28.5 Å². The van der Waals surface area contributed by atoms with E-state index in [0.29, 0.717) is 24.7 Å². The van der Waals surface area contributed by atoms with Crippen LogP contribution in [0.4, 0.5) is 4.39 Å². The van der Waals surface area contributed by atoms with Crippen molar-refractivity contribution >= 4 is 12.4 Å². The highest BCUT2D eigenvalue weighted by atomic mass is 19.1. The Morgan fingerprint density at radius 2 is 1.76 bits per heavy atom. The highest BCUT2D eigenvalue weighted by Gasteiger charge is 2.42. The minimum atomic E-state index is -0.428. The highest BCUT2D eigenvalue weighted by Crippen LogP contribution is 2.51. The number of carbonyl (C=O) groups is 2. The van der Waals surface area contributed by atoms with E-state index in [0.717, 1.165) is 55.5 Å². The van der Waals surface area contributed by atoms with Crippen LogP contribution in [0.1, 0.15) is 121 Å². The average Bonchev–Trinajstić information content (AvgIpc) is 3.56. The molecule has 5 rings (SSSR count). The summed E-state index contributed by atoms with van der Waals surface area (Å²) in [6.45, 7) is 14.1. The van der Waals surface area contributed by atoms with Gasteiger partial charge in [0.2, 0.25) is 0 Å². The molecular formula is C32H48FNO4. The molecule has 3 saturated carbocycles. The minimum Gasteiger partial charge on any atom is -0.493 e. The van der Waals surface area contributed by atoms with Crippen LogP contribution in [-0.2, 0) is 9.53 Å². The van der Waals surface area contributed by atoms with Gasteiger partial charge in [0.1, 0.15) is 17.2 Å². The number of hydrogen-bond acceptors (Lipinski definition) is 4. The highest BCUT2D eigenvalue weighted by molar-refractivity contribution is 5.95. The summed E-state index contributed by atoms with van der Waals surface area (Å²) in [5.41, 5.74) is 1.13. The van der Waals surface area contributed by atoms with Crippen molar-refractivity contribution in [3.63, 3.8) is 0 Å². The number of rotatable bonds is 6. The van der Waals surface area contributed by atoms with Crippen LogP contribution >= 0.6 is 0 Å². The zero-order valence-electron chi connectivity index (χ0n) is 24.4. The molecule has 4 aliphatic rings. The molecule has 4 fully saturated rings. The smallest absolute Gasteiger partial charge is 0.293 e. The number of likely N-dealkylation sites (tertiary alicyclic amines) is 1. The fourth-order valence-corrected chi connectivity index (χ4v) is 7.19. The van der Waals surface area contributed by atoms with E-state index < -0.39 is 5.82 Å². The zero-order valence-corrected chi connectivity index (χ0v) is 24.4. The van der Waals surface area contributed by atoms with Gasteiger partial charge in [0, 0.05) is 24.1 Å². The van der Waals surface area contributed by atoms with Crippen molar-refractivity contribution in [2.45, 2.75) is 117 Å². The summed E-state index contributed by atoms with van der Waals surface area (Å²) in [6.07, 6.45) is 10.7. The lowest BCUT2D eigenvalue weighted by Crippen LogP contribution is -2.39. The Kier molecular flexibility index (Phi) is 8.78. The molecular weight excluding hydrogens is 481 g/mol. The summed E-state index contributed by atoms with van der Waals surface area (Å²) < 4.78 is 26.0. The predicted molar refractivity (Wildman–Crippen MR) is 148 cm³/mol. The van der Waals surface area contributed by atoms with Crippen molar-refractivity contribution in [3.8, 4) is 5.75 Å². The topological polar surface area (TPSA) is 55.8 Å². The molecule has 3 unspecified atom stereocenters. The minimum absolute atomic E-state index is 0.155. The van der Waals surface area contributed by atoms with Gasteiger partial charge in [-0.2, -0.15) is 0 Å².